The molecule has 0 aliphatic carbocycles. The Bertz CT molecular complexity index is 4090. The summed E-state index contributed by atoms with van der Waals surface area (Å²) < 4.78 is 4.78. The van der Waals surface area contributed by atoms with E-state index in [9.17, 15) is 0 Å². The summed E-state index contributed by atoms with van der Waals surface area (Å²) >= 11 is 0. The summed E-state index contributed by atoms with van der Waals surface area (Å²) in [6.45, 7) is 0. The molecule has 0 radical (unpaired) electrons. The predicted octanol–water partition coefficient (Wildman–Crippen LogP) is 18.3. The second kappa shape index (κ2) is 16.2. The number of nitrogens with zero attached hydrogens (tertiary/aromatic N) is 4. The summed E-state index contributed by atoms with van der Waals surface area (Å²) in [6, 6.07) is 97.4. The van der Waals surface area contributed by atoms with Gasteiger partial charge in [-0.25, -0.2) is 0 Å². The van der Waals surface area contributed by atoms with Gasteiger partial charge in [-0.1, -0.05) is 146 Å². The summed E-state index contributed by atoms with van der Waals surface area (Å²) in [5.41, 5.74) is 13.6. The molecule has 14 aromatic rings. The predicted molar refractivity (Wildman–Crippen MR) is 297 cm³/mol. The molecule has 12 aromatic carbocycles. The van der Waals surface area contributed by atoms with Crippen LogP contribution in [0.5, 0.6) is 0 Å². The summed E-state index contributed by atoms with van der Waals surface area (Å²) in [5.74, 6) is 0. The van der Waals surface area contributed by atoms with Gasteiger partial charge in [-0.2, -0.15) is 0 Å². The maximum Gasteiger partial charge on any atom is 0.0542 e. The van der Waals surface area contributed by atoms with Crippen molar-refractivity contribution in [2.24, 2.45) is 0 Å². The highest BCUT2D eigenvalue weighted by Crippen LogP contribution is 2.45. The molecule has 0 aliphatic heterocycles. The zero-order valence-corrected chi connectivity index (χ0v) is 38.2. The van der Waals surface area contributed by atoms with Crippen molar-refractivity contribution < 1.29 is 0 Å². The number of benzene rings is 12. The van der Waals surface area contributed by atoms with Gasteiger partial charge in [-0.3, -0.25) is 0 Å². The van der Waals surface area contributed by atoms with Gasteiger partial charge in [-0.15, -0.1) is 0 Å². The number of hydrogen-bond acceptors (Lipinski definition) is 2. The third-order valence-corrected chi connectivity index (χ3v) is 14.2. The quantitative estimate of drug-likeness (QED) is 0.141. The Kier molecular flexibility index (Phi) is 9.17. The van der Waals surface area contributed by atoms with E-state index in [-0.39, 0.29) is 0 Å². The minimum atomic E-state index is 1.08. The molecule has 4 heteroatoms. The Morgan fingerprint density at radius 1 is 0.214 bits per heavy atom. The van der Waals surface area contributed by atoms with E-state index in [4.69, 9.17) is 0 Å². The summed E-state index contributed by atoms with van der Waals surface area (Å²) in [4.78, 5) is 4.82. The van der Waals surface area contributed by atoms with Crippen LogP contribution >= 0.6 is 0 Å². The lowest BCUT2D eigenvalue weighted by Crippen LogP contribution is -2.10. The molecule has 0 aliphatic rings. The normalized spacial score (nSPS) is 11.7. The Hall–Kier alpha value is -9.38. The average Bonchev–Trinajstić information content (AvgIpc) is 3.94. The molecule has 0 unspecified atom stereocenters. The van der Waals surface area contributed by atoms with Crippen LogP contribution in [0.4, 0.5) is 34.1 Å². The highest BCUT2D eigenvalue weighted by atomic mass is 15.1. The van der Waals surface area contributed by atoms with Crippen LogP contribution in [0, 0.1) is 0 Å². The van der Waals surface area contributed by atoms with Gasteiger partial charge in [-0.05, 0) is 154 Å². The van der Waals surface area contributed by atoms with Gasteiger partial charge >= 0.3 is 0 Å². The number of fused-ring (bicyclic) bond motifs is 11. The molecule has 2 aromatic heterocycles. The molecule has 0 bridgehead atoms. The molecule has 0 saturated heterocycles. The second-order valence-electron chi connectivity index (χ2n) is 18.2. The highest BCUT2D eigenvalue weighted by Gasteiger charge is 2.21. The van der Waals surface area contributed by atoms with Crippen molar-refractivity contribution >= 4 is 110 Å². The molecule has 0 spiro atoms. The summed E-state index contributed by atoms with van der Waals surface area (Å²) in [6.07, 6.45) is 0. The molecule has 2 heterocycles. The molecule has 14 rings (SSSR count). The largest absolute Gasteiger partial charge is 0.310 e. The lowest BCUT2D eigenvalue weighted by molar-refractivity contribution is 1.18. The summed E-state index contributed by atoms with van der Waals surface area (Å²) in [7, 11) is 0. The van der Waals surface area contributed by atoms with Gasteiger partial charge in [0.25, 0.3) is 0 Å². The van der Waals surface area contributed by atoms with Crippen LogP contribution in [0.15, 0.2) is 267 Å². The number of hydrogen-bond donors (Lipinski definition) is 0. The van der Waals surface area contributed by atoms with Gasteiger partial charge in [0.1, 0.15) is 0 Å². The van der Waals surface area contributed by atoms with E-state index in [2.05, 4.69) is 286 Å². The molecule has 328 valence electrons. The van der Waals surface area contributed by atoms with Gasteiger partial charge in [0, 0.05) is 67.0 Å². The second-order valence-corrected chi connectivity index (χ2v) is 18.2. The first-order valence-electron chi connectivity index (χ1n) is 24.0. The SMILES string of the molecule is c1ccc(N(c2ccccc2)c2ccc3ccc4ccc5ccc(N(c6ccc7c(c6)c6ccccc6n7-c6ccccc6)c6ccc7c(c6)c6ccccc6n7-c6ccccc6)cc5c4c3c2)cc1. The molecule has 0 N–H and O–H groups in total. The lowest BCUT2D eigenvalue weighted by atomic mass is 9.95. The molecule has 4 nitrogen and oxygen atoms in total. The first kappa shape index (κ1) is 39.8. The lowest BCUT2D eigenvalue weighted by Gasteiger charge is -2.27. The molecule has 0 amide bonds. The van der Waals surface area contributed by atoms with Crippen molar-refractivity contribution in [1.82, 2.24) is 9.13 Å². The van der Waals surface area contributed by atoms with Crippen LogP contribution in [0.2, 0.25) is 0 Å². The van der Waals surface area contributed by atoms with Crippen LogP contribution in [0.3, 0.4) is 0 Å². The van der Waals surface area contributed by atoms with Crippen molar-refractivity contribution in [1.29, 1.82) is 0 Å². The fraction of sp³-hybridized carbons (Fsp3) is 0. The van der Waals surface area contributed by atoms with Crippen molar-refractivity contribution in [3.05, 3.63) is 267 Å². The first-order chi connectivity index (χ1) is 34.7. The number of anilines is 6. The Morgan fingerprint density at radius 3 is 0.971 bits per heavy atom. The van der Waals surface area contributed by atoms with Crippen molar-refractivity contribution in [2.75, 3.05) is 9.80 Å². The smallest absolute Gasteiger partial charge is 0.0542 e. The van der Waals surface area contributed by atoms with Gasteiger partial charge < -0.3 is 18.9 Å². The van der Waals surface area contributed by atoms with E-state index in [1.54, 1.807) is 0 Å². The van der Waals surface area contributed by atoms with Gasteiger partial charge in [0.05, 0.1) is 22.1 Å². The van der Waals surface area contributed by atoms with Crippen molar-refractivity contribution in [2.45, 2.75) is 0 Å². The molecule has 0 fully saturated rings. The molecule has 0 saturated carbocycles. The van der Waals surface area contributed by atoms with Crippen LogP contribution in [-0.2, 0) is 0 Å². The standard InChI is InChI=1S/C66H44N4/c1-5-17-48(18-6-1)67(49-19-7-2-8-20-49)52-35-33-45-29-31-47-32-30-46-34-36-53(42-59(46)66(47)58(45)41-52)68(54-37-39-64-60(43-54)56-25-13-15-27-62(56)69(64)50-21-9-3-10-22-50)55-38-40-65-61(44-55)57-26-14-16-28-63(57)70(65)51-23-11-4-12-24-51/h1-44H. The van der Waals surface area contributed by atoms with Crippen molar-refractivity contribution in [3.8, 4) is 11.4 Å². The number of aromatic nitrogens is 2. The van der Waals surface area contributed by atoms with Gasteiger partial charge in [0.2, 0.25) is 0 Å². The summed E-state index contributed by atoms with van der Waals surface area (Å²) in [5, 5.41) is 12.1. The van der Waals surface area contributed by atoms with E-state index >= 15 is 0 Å². The minimum absolute atomic E-state index is 1.08. The Balaban J connectivity index is 1.02. The Labute approximate surface area is 405 Å². The highest BCUT2D eigenvalue weighted by molar-refractivity contribution is 6.22. The zero-order valence-electron chi connectivity index (χ0n) is 38.2. The van der Waals surface area contributed by atoms with E-state index in [0.29, 0.717) is 0 Å². The molecular weight excluding hydrogens is 849 g/mol. The van der Waals surface area contributed by atoms with Crippen LogP contribution in [-0.4, -0.2) is 9.13 Å². The third-order valence-electron chi connectivity index (χ3n) is 14.2. The van der Waals surface area contributed by atoms with Crippen LogP contribution < -0.4 is 9.80 Å². The van der Waals surface area contributed by atoms with E-state index in [0.717, 1.165) is 45.5 Å². The van der Waals surface area contributed by atoms with Crippen molar-refractivity contribution in [3.63, 3.8) is 0 Å². The van der Waals surface area contributed by atoms with E-state index < -0.39 is 0 Å². The zero-order chi connectivity index (χ0) is 46.1. The van der Waals surface area contributed by atoms with Crippen LogP contribution in [0.25, 0.3) is 87.3 Å². The maximum absolute atomic E-state index is 2.46. The molecule has 70 heavy (non-hydrogen) atoms. The number of para-hydroxylation sites is 6. The fourth-order valence-electron chi connectivity index (χ4n) is 11.1. The van der Waals surface area contributed by atoms with E-state index in [1.807, 2.05) is 0 Å². The monoisotopic (exact) mass is 892 g/mol. The fourth-order valence-corrected chi connectivity index (χ4v) is 11.1. The molecule has 0 atom stereocenters. The molecular formula is C66H44N4. The third kappa shape index (κ3) is 6.38. The maximum atomic E-state index is 2.46. The Morgan fingerprint density at radius 2 is 0.529 bits per heavy atom. The van der Waals surface area contributed by atoms with Crippen LogP contribution in [0.1, 0.15) is 0 Å². The number of rotatable bonds is 8. The van der Waals surface area contributed by atoms with E-state index in [1.165, 1.54) is 75.9 Å². The average molecular weight is 893 g/mol. The topological polar surface area (TPSA) is 16.3 Å². The van der Waals surface area contributed by atoms with Gasteiger partial charge in [0.15, 0.2) is 0 Å². The first-order valence-corrected chi connectivity index (χ1v) is 24.0. The minimum Gasteiger partial charge on any atom is -0.310 e.